The van der Waals surface area contributed by atoms with Gasteiger partial charge in [-0.1, -0.05) is 6.92 Å². The molecule has 1 unspecified atom stereocenters. The number of amides is 1. The quantitative estimate of drug-likeness (QED) is 0.759. The topological polar surface area (TPSA) is 80.0 Å². The van der Waals surface area contributed by atoms with Crippen LogP contribution < -0.4 is 16.4 Å². The molecule has 1 atom stereocenters. The number of fused-ring (bicyclic) bond motifs is 1. The predicted octanol–water partition coefficient (Wildman–Crippen LogP) is 2.83. The molecule has 4 N–H and O–H groups in total. The summed E-state index contributed by atoms with van der Waals surface area (Å²) in [5.74, 6) is 0.379. The van der Waals surface area contributed by atoms with Crippen LogP contribution in [-0.2, 0) is 11.2 Å². The molecular formula is C15H18N4OS. The molecule has 1 amide bonds. The highest BCUT2D eigenvalue weighted by Crippen LogP contribution is 2.31. The van der Waals surface area contributed by atoms with E-state index in [1.165, 1.54) is 0 Å². The van der Waals surface area contributed by atoms with Gasteiger partial charge in [0, 0.05) is 36.1 Å². The molecule has 0 spiro atoms. The Labute approximate surface area is 127 Å². The van der Waals surface area contributed by atoms with Crippen LogP contribution in [-0.4, -0.2) is 17.4 Å². The first-order chi connectivity index (χ1) is 10.1. The van der Waals surface area contributed by atoms with Crippen molar-refractivity contribution in [3.05, 3.63) is 34.3 Å². The molecule has 1 aromatic carbocycles. The lowest BCUT2D eigenvalue weighted by atomic mass is 10.0. The van der Waals surface area contributed by atoms with Crippen molar-refractivity contribution < 1.29 is 4.79 Å². The van der Waals surface area contributed by atoms with Gasteiger partial charge in [-0.3, -0.25) is 4.79 Å². The molecule has 0 saturated heterocycles. The number of hydrogen-bond acceptors (Lipinski definition) is 5. The monoisotopic (exact) mass is 302 g/mol. The van der Waals surface area contributed by atoms with Crippen LogP contribution in [0.4, 0.5) is 17.1 Å². The predicted molar refractivity (Wildman–Crippen MR) is 86.8 cm³/mol. The van der Waals surface area contributed by atoms with Crippen LogP contribution in [0.3, 0.4) is 0 Å². The minimum absolute atomic E-state index is 0.0642. The fourth-order valence-corrected chi connectivity index (χ4v) is 3.13. The summed E-state index contributed by atoms with van der Waals surface area (Å²) >= 11 is 1.65. The van der Waals surface area contributed by atoms with Crippen molar-refractivity contribution in [2.24, 2.45) is 0 Å². The van der Waals surface area contributed by atoms with Crippen molar-refractivity contribution in [2.75, 3.05) is 22.9 Å². The van der Waals surface area contributed by atoms with E-state index in [-0.39, 0.29) is 5.91 Å². The number of aryl methyl sites for hydroxylation is 1. The van der Waals surface area contributed by atoms with Crippen molar-refractivity contribution >= 4 is 34.3 Å². The number of aromatic nitrogens is 1. The van der Waals surface area contributed by atoms with E-state index in [0.717, 1.165) is 40.6 Å². The molecule has 0 fully saturated rings. The number of nitrogens with two attached hydrogens (primary N) is 1. The second kappa shape index (κ2) is 5.73. The fraction of sp³-hybridized carbons (Fsp3) is 0.333. The number of nitrogens with zero attached hydrogens (tertiary/aromatic N) is 1. The number of carbonyl (C=O) groups excluding carboxylic acids is 1. The number of nitrogens with one attached hydrogen (secondary N) is 2. The molecule has 110 valence electrons. The summed E-state index contributed by atoms with van der Waals surface area (Å²) in [5, 5.41) is 9.34. The molecule has 21 heavy (non-hydrogen) atoms. The lowest BCUT2D eigenvalue weighted by Gasteiger charge is -2.20. The Morgan fingerprint density at radius 1 is 1.48 bits per heavy atom. The van der Waals surface area contributed by atoms with Crippen LogP contribution in [0.2, 0.25) is 0 Å². The van der Waals surface area contributed by atoms with E-state index in [1.807, 2.05) is 23.7 Å². The zero-order chi connectivity index (χ0) is 14.8. The number of anilines is 3. The van der Waals surface area contributed by atoms with E-state index in [1.54, 1.807) is 11.3 Å². The molecular weight excluding hydrogens is 284 g/mol. The Morgan fingerprint density at radius 2 is 2.33 bits per heavy atom. The first-order valence-corrected chi connectivity index (χ1v) is 7.87. The molecule has 0 saturated carbocycles. The van der Waals surface area contributed by atoms with Crippen LogP contribution in [0, 0.1) is 0 Å². The summed E-state index contributed by atoms with van der Waals surface area (Å²) in [6.07, 6.45) is 3.10. The lowest BCUT2D eigenvalue weighted by Crippen LogP contribution is -2.20. The van der Waals surface area contributed by atoms with Gasteiger partial charge in [0.1, 0.15) is 0 Å². The lowest BCUT2D eigenvalue weighted by molar-refractivity contribution is -0.116. The van der Waals surface area contributed by atoms with Gasteiger partial charge >= 0.3 is 0 Å². The largest absolute Gasteiger partial charge is 0.397 e. The average Bonchev–Trinajstić information content (AvgIpc) is 2.99. The molecule has 1 aliphatic heterocycles. The molecule has 2 heterocycles. The van der Waals surface area contributed by atoms with Crippen molar-refractivity contribution in [1.29, 1.82) is 0 Å². The highest BCUT2D eigenvalue weighted by atomic mass is 32.1. The number of benzene rings is 1. The third-order valence-electron chi connectivity index (χ3n) is 3.64. The molecule has 0 aliphatic carbocycles. The van der Waals surface area contributed by atoms with Crippen molar-refractivity contribution in [2.45, 2.75) is 25.7 Å². The molecule has 0 radical (unpaired) electrons. The zero-order valence-electron chi connectivity index (χ0n) is 11.8. The van der Waals surface area contributed by atoms with E-state index >= 15 is 0 Å². The second-order valence-electron chi connectivity index (χ2n) is 5.30. The first-order valence-electron chi connectivity index (χ1n) is 6.99. The Kier molecular flexibility index (Phi) is 3.79. The molecule has 3 rings (SSSR count). The van der Waals surface area contributed by atoms with Gasteiger partial charge in [-0.25, -0.2) is 4.98 Å². The minimum atomic E-state index is 0.0642. The summed E-state index contributed by atoms with van der Waals surface area (Å²) < 4.78 is 0. The maximum atomic E-state index is 11.5. The van der Waals surface area contributed by atoms with Crippen molar-refractivity contribution in [3.63, 3.8) is 0 Å². The van der Waals surface area contributed by atoms with Gasteiger partial charge in [-0.15, -0.1) is 11.3 Å². The number of thiazole rings is 1. The number of nitrogen functional groups attached to an aromatic ring is 1. The average molecular weight is 302 g/mol. The number of hydrogen-bond donors (Lipinski definition) is 3. The molecule has 1 aromatic heterocycles. The van der Waals surface area contributed by atoms with E-state index in [2.05, 4.69) is 22.5 Å². The van der Waals surface area contributed by atoms with E-state index in [9.17, 15) is 4.79 Å². The Morgan fingerprint density at radius 3 is 3.10 bits per heavy atom. The van der Waals surface area contributed by atoms with E-state index < -0.39 is 0 Å². The maximum Gasteiger partial charge on any atom is 0.224 e. The smallest absolute Gasteiger partial charge is 0.224 e. The van der Waals surface area contributed by atoms with Gasteiger partial charge in [-0.05, 0) is 24.1 Å². The first kappa shape index (κ1) is 13.9. The molecule has 1 aliphatic rings. The van der Waals surface area contributed by atoms with E-state index in [4.69, 9.17) is 5.73 Å². The van der Waals surface area contributed by atoms with Crippen LogP contribution in [0.5, 0.6) is 0 Å². The summed E-state index contributed by atoms with van der Waals surface area (Å²) in [6.45, 7) is 2.88. The summed E-state index contributed by atoms with van der Waals surface area (Å²) in [4.78, 5) is 15.8. The SMILES string of the molecule is CC(CNc1cc2c(cc1N)CCC(=O)N2)c1nccs1. The summed E-state index contributed by atoms with van der Waals surface area (Å²) in [6, 6.07) is 3.88. The van der Waals surface area contributed by atoms with Gasteiger partial charge in [-0.2, -0.15) is 0 Å². The van der Waals surface area contributed by atoms with Gasteiger partial charge in [0.2, 0.25) is 5.91 Å². The molecule has 6 heteroatoms. The van der Waals surface area contributed by atoms with Gasteiger partial charge in [0.15, 0.2) is 0 Å². The third kappa shape index (κ3) is 3.00. The Bertz CT molecular complexity index is 654. The standard InChI is InChI=1S/C15H18N4OS/c1-9(15-17-4-5-21-15)8-18-13-7-12-10(6-11(13)16)2-3-14(20)19-12/h4-7,9,18H,2-3,8,16H2,1H3,(H,19,20). The van der Waals surface area contributed by atoms with Crippen LogP contribution in [0.25, 0.3) is 0 Å². The van der Waals surface area contributed by atoms with Gasteiger partial charge in [0.25, 0.3) is 0 Å². The van der Waals surface area contributed by atoms with Crippen LogP contribution in [0.1, 0.15) is 29.8 Å². The van der Waals surface area contributed by atoms with Gasteiger partial charge < -0.3 is 16.4 Å². The van der Waals surface area contributed by atoms with Gasteiger partial charge in [0.05, 0.1) is 16.4 Å². The molecule has 5 nitrogen and oxygen atoms in total. The molecule has 0 bridgehead atoms. The normalized spacial score (nSPS) is 15.2. The summed E-state index contributed by atoms with van der Waals surface area (Å²) in [5.41, 5.74) is 9.64. The second-order valence-corrected chi connectivity index (χ2v) is 6.22. The molecule has 2 aromatic rings. The number of rotatable bonds is 4. The van der Waals surface area contributed by atoms with Crippen molar-refractivity contribution in [1.82, 2.24) is 4.98 Å². The minimum Gasteiger partial charge on any atom is -0.397 e. The highest BCUT2D eigenvalue weighted by molar-refractivity contribution is 7.09. The Balaban J connectivity index is 1.73. The summed E-state index contributed by atoms with van der Waals surface area (Å²) in [7, 11) is 0. The van der Waals surface area contributed by atoms with Crippen LogP contribution >= 0.6 is 11.3 Å². The number of carbonyl (C=O) groups is 1. The third-order valence-corrected chi connectivity index (χ3v) is 4.65. The maximum absolute atomic E-state index is 11.5. The highest BCUT2D eigenvalue weighted by Gasteiger charge is 2.17. The Hall–Kier alpha value is -2.08. The van der Waals surface area contributed by atoms with E-state index in [0.29, 0.717) is 12.3 Å². The van der Waals surface area contributed by atoms with Crippen LogP contribution in [0.15, 0.2) is 23.7 Å². The van der Waals surface area contributed by atoms with Crippen molar-refractivity contribution in [3.8, 4) is 0 Å². The fourth-order valence-electron chi connectivity index (χ4n) is 2.43. The zero-order valence-corrected chi connectivity index (χ0v) is 12.7.